The van der Waals surface area contributed by atoms with Gasteiger partial charge in [0.1, 0.15) is 24.4 Å². The van der Waals surface area contributed by atoms with Crippen LogP contribution < -0.4 is 0 Å². The van der Waals surface area contributed by atoms with E-state index in [1.165, 1.54) is 6.07 Å². The van der Waals surface area contributed by atoms with E-state index in [0.717, 1.165) is 12.1 Å². The van der Waals surface area contributed by atoms with Gasteiger partial charge in [0.25, 0.3) is 0 Å². The number of Topliss-reactive ketones (excluding diaryl/α,β-unsaturated/α-hetero) is 1. The van der Waals surface area contributed by atoms with E-state index in [-0.39, 0.29) is 5.56 Å². The molecule has 9 heteroatoms. The second kappa shape index (κ2) is 8.52. The fraction of sp³-hybridized carbons (Fsp3) is 0.333. The number of ketones is 2. The van der Waals surface area contributed by atoms with Crippen LogP contribution in [0.4, 0.5) is 0 Å². The number of rotatable bonds is 8. The number of phenolic OH excluding ortho intramolecular Hbond substituents is 2. The van der Waals surface area contributed by atoms with Crippen LogP contribution in [-0.2, 0) is 9.59 Å². The van der Waals surface area contributed by atoms with Crippen molar-refractivity contribution in [3.63, 3.8) is 0 Å². The van der Waals surface area contributed by atoms with Gasteiger partial charge in [0.05, 0.1) is 7.98 Å². The number of phenols is 2. The number of allylic oxidation sites excluding steroid dienone is 1. The second-order valence-electron chi connectivity index (χ2n) is 4.90. The second-order valence-corrected chi connectivity index (χ2v) is 4.90. The molecular formula is C15H18O9. The summed E-state index contributed by atoms with van der Waals surface area (Å²) in [6.45, 7) is -0.950. The summed E-state index contributed by atoms with van der Waals surface area (Å²) < 4.78 is 7.66. The molecule has 0 aliphatic heterocycles. The molecule has 0 saturated carbocycles. The summed E-state index contributed by atoms with van der Waals surface area (Å²) in [5.74, 6) is -3.93. The van der Waals surface area contributed by atoms with Gasteiger partial charge in [-0.1, -0.05) is 12.1 Å². The van der Waals surface area contributed by atoms with Crippen LogP contribution in [-0.4, -0.2) is 78.3 Å². The molecule has 9 nitrogen and oxygen atoms in total. The van der Waals surface area contributed by atoms with E-state index in [9.17, 15) is 35.1 Å². The van der Waals surface area contributed by atoms with Gasteiger partial charge >= 0.3 is 0 Å². The molecular weight excluding hydrogens is 324 g/mol. The molecule has 24 heavy (non-hydrogen) atoms. The molecule has 0 aliphatic carbocycles. The van der Waals surface area contributed by atoms with Crippen molar-refractivity contribution in [1.29, 1.82) is 0 Å². The monoisotopic (exact) mass is 343 g/mol. The van der Waals surface area contributed by atoms with E-state index in [2.05, 4.69) is 0 Å². The first-order valence-electron chi connectivity index (χ1n) is 7.22. The topological polar surface area (TPSA) is 176 Å². The molecule has 0 amide bonds. The Bertz CT molecular complexity index is 673. The van der Waals surface area contributed by atoms with Crippen LogP contribution in [0.15, 0.2) is 24.3 Å². The smallest absolute Gasteiger partial charge is 0.233 e. The normalized spacial score (nSPS) is 17.5. The van der Waals surface area contributed by atoms with Crippen molar-refractivity contribution in [3.8, 4) is 11.5 Å². The largest absolute Gasteiger partial charge is 0.504 e. The molecule has 0 bridgehead atoms. The maximum atomic E-state index is 11.8. The standard InChI is InChI=1S/C15H18O9/c16-6-11(20)13(22)15(24)14(23)12(21)9(18)4-2-7-1-3-8(17)10(19)5-7/h1-5,11,13-17,19-20,22-24H,6H2/b4-2+/t11-,13-,14+,15+/m1/s1/i2D. The van der Waals surface area contributed by atoms with Crippen LogP contribution in [0.3, 0.4) is 0 Å². The molecule has 1 aromatic rings. The van der Waals surface area contributed by atoms with Gasteiger partial charge in [-0.15, -0.1) is 0 Å². The van der Waals surface area contributed by atoms with E-state index < -0.39 is 60.1 Å². The lowest BCUT2D eigenvalue weighted by Gasteiger charge is -2.24. The predicted octanol–water partition coefficient (Wildman–Crippen LogP) is -2.31. The molecule has 0 spiro atoms. The van der Waals surface area contributed by atoms with Crippen molar-refractivity contribution in [2.45, 2.75) is 24.4 Å². The quantitative estimate of drug-likeness (QED) is 0.155. The number of hydrogen-bond acceptors (Lipinski definition) is 9. The van der Waals surface area contributed by atoms with E-state index in [1.807, 2.05) is 0 Å². The van der Waals surface area contributed by atoms with E-state index in [0.29, 0.717) is 6.08 Å². The summed E-state index contributed by atoms with van der Waals surface area (Å²) in [5.41, 5.74) is -0.0118. The fourth-order valence-corrected chi connectivity index (χ4v) is 1.66. The third kappa shape index (κ3) is 4.85. The zero-order chi connectivity index (χ0) is 19.3. The third-order valence-electron chi connectivity index (χ3n) is 3.11. The Kier molecular flexibility index (Phi) is 6.41. The summed E-state index contributed by atoms with van der Waals surface area (Å²) in [6, 6.07) is 2.70. The zero-order valence-electron chi connectivity index (χ0n) is 13.3. The summed E-state index contributed by atoms with van der Waals surface area (Å²) in [4.78, 5) is 23.5. The number of benzene rings is 1. The number of aliphatic hydroxyl groups is 5. The Morgan fingerprint density at radius 2 is 1.71 bits per heavy atom. The molecule has 0 aromatic heterocycles. The SMILES string of the molecule is [2H]/C(=C\C(=O)C(=O)[C@H](O)[C@@H](O)[C@H](O)[C@H](O)CO)c1ccc(O)c(O)c1. The maximum absolute atomic E-state index is 11.8. The molecule has 0 unspecified atom stereocenters. The van der Waals surface area contributed by atoms with Gasteiger partial charge in [-0.2, -0.15) is 0 Å². The molecule has 4 atom stereocenters. The van der Waals surface area contributed by atoms with Crippen LogP contribution in [0.1, 0.15) is 6.93 Å². The highest BCUT2D eigenvalue weighted by atomic mass is 16.4. The van der Waals surface area contributed by atoms with Crippen LogP contribution in [0, 0.1) is 0 Å². The Morgan fingerprint density at radius 3 is 2.25 bits per heavy atom. The average molecular weight is 343 g/mol. The summed E-state index contributed by atoms with van der Waals surface area (Å²) in [6.07, 6.45) is -8.03. The minimum atomic E-state index is -2.39. The Morgan fingerprint density at radius 1 is 1.08 bits per heavy atom. The number of aliphatic hydroxyl groups excluding tert-OH is 5. The van der Waals surface area contributed by atoms with Crippen molar-refractivity contribution in [3.05, 3.63) is 29.8 Å². The van der Waals surface area contributed by atoms with Gasteiger partial charge in [-0.3, -0.25) is 9.59 Å². The first-order chi connectivity index (χ1) is 11.6. The summed E-state index contributed by atoms with van der Waals surface area (Å²) in [5, 5.41) is 64.9. The predicted molar refractivity (Wildman–Crippen MR) is 79.9 cm³/mol. The molecule has 1 rings (SSSR count). The van der Waals surface area contributed by atoms with Crippen molar-refractivity contribution in [2.75, 3.05) is 6.61 Å². The third-order valence-corrected chi connectivity index (χ3v) is 3.11. The number of hydrogen-bond donors (Lipinski definition) is 7. The van der Waals surface area contributed by atoms with E-state index in [1.54, 1.807) is 0 Å². The van der Waals surface area contributed by atoms with E-state index in [4.69, 9.17) is 11.6 Å². The minimum absolute atomic E-state index is 0.0118. The minimum Gasteiger partial charge on any atom is -0.504 e. The van der Waals surface area contributed by atoms with Crippen LogP contribution in [0.25, 0.3) is 6.05 Å². The highest BCUT2D eigenvalue weighted by molar-refractivity contribution is 6.43. The maximum Gasteiger partial charge on any atom is 0.233 e. The van der Waals surface area contributed by atoms with Gasteiger partial charge in [-0.25, -0.2) is 0 Å². The molecule has 1 aromatic carbocycles. The Balaban J connectivity index is 2.90. The first kappa shape index (κ1) is 18.0. The van der Waals surface area contributed by atoms with Crippen LogP contribution in [0.2, 0.25) is 0 Å². The van der Waals surface area contributed by atoms with Crippen molar-refractivity contribution in [1.82, 2.24) is 0 Å². The summed E-state index contributed by atoms with van der Waals surface area (Å²) in [7, 11) is 0. The Hall–Kier alpha value is -2.30. The van der Waals surface area contributed by atoms with Gasteiger partial charge < -0.3 is 35.7 Å². The molecule has 0 saturated heterocycles. The molecule has 0 aliphatic rings. The van der Waals surface area contributed by atoms with Crippen LogP contribution in [0.5, 0.6) is 11.5 Å². The molecule has 0 radical (unpaired) electrons. The lowest BCUT2D eigenvalue weighted by atomic mass is 9.98. The molecule has 0 fully saturated rings. The highest BCUT2D eigenvalue weighted by Crippen LogP contribution is 2.25. The zero-order valence-corrected chi connectivity index (χ0v) is 12.3. The number of carbonyl (C=O) groups is 2. The van der Waals surface area contributed by atoms with Gasteiger partial charge in [0.2, 0.25) is 11.6 Å². The first-order valence-corrected chi connectivity index (χ1v) is 6.72. The van der Waals surface area contributed by atoms with Gasteiger partial charge in [-0.05, 0) is 23.8 Å². The van der Waals surface area contributed by atoms with Crippen LogP contribution >= 0.6 is 0 Å². The van der Waals surface area contributed by atoms with E-state index >= 15 is 0 Å². The number of aromatic hydroxyl groups is 2. The average Bonchev–Trinajstić information content (AvgIpc) is 2.60. The van der Waals surface area contributed by atoms with Gasteiger partial charge in [0.15, 0.2) is 11.5 Å². The lowest BCUT2D eigenvalue weighted by Crippen LogP contribution is -2.49. The molecule has 7 N–H and O–H groups in total. The van der Waals surface area contributed by atoms with Crippen molar-refractivity contribution < 1.29 is 46.7 Å². The fourth-order valence-electron chi connectivity index (χ4n) is 1.66. The van der Waals surface area contributed by atoms with Crippen molar-refractivity contribution in [2.24, 2.45) is 0 Å². The van der Waals surface area contributed by atoms with Crippen molar-refractivity contribution >= 4 is 17.6 Å². The lowest BCUT2D eigenvalue weighted by molar-refractivity contribution is -0.152. The molecule has 132 valence electrons. The van der Waals surface area contributed by atoms with Gasteiger partial charge in [0, 0.05) is 0 Å². The number of carbonyl (C=O) groups excluding carboxylic acids is 2. The highest BCUT2D eigenvalue weighted by Gasteiger charge is 2.36. The Labute approximate surface area is 137 Å². The summed E-state index contributed by atoms with van der Waals surface area (Å²) >= 11 is 0. The molecule has 0 heterocycles.